The van der Waals surface area contributed by atoms with E-state index in [1.54, 1.807) is 0 Å². The molecule has 1 aromatic rings. The zero-order chi connectivity index (χ0) is 13.7. The lowest BCUT2D eigenvalue weighted by Crippen LogP contribution is -2.41. The van der Waals surface area contributed by atoms with E-state index in [9.17, 15) is 0 Å². The number of anilines is 2. The molecule has 0 radical (unpaired) electrons. The fourth-order valence-corrected chi connectivity index (χ4v) is 2.22. The Bertz CT molecular complexity index is 404. The Morgan fingerprint density at radius 2 is 2.11 bits per heavy atom. The molecule has 1 aliphatic rings. The molecule has 0 spiro atoms. The number of nitrogens with zero attached hydrogens (tertiary/aromatic N) is 2. The Morgan fingerprint density at radius 1 is 1.32 bits per heavy atom. The van der Waals surface area contributed by atoms with Gasteiger partial charge in [-0.15, -0.1) is 0 Å². The molecule has 1 aliphatic carbocycles. The minimum Gasteiger partial charge on any atom is -0.378 e. The van der Waals surface area contributed by atoms with Crippen LogP contribution in [0.2, 0.25) is 0 Å². The minimum absolute atomic E-state index is 0.420. The Hall–Kier alpha value is -1.36. The van der Waals surface area contributed by atoms with Crippen LogP contribution in [0, 0.1) is 6.92 Å². The molecule has 1 fully saturated rings. The molecule has 0 bridgehead atoms. The molecule has 2 rings (SSSR count). The van der Waals surface area contributed by atoms with Gasteiger partial charge in [0.2, 0.25) is 5.95 Å². The van der Waals surface area contributed by atoms with Crippen LogP contribution in [0.3, 0.4) is 0 Å². The quantitative estimate of drug-likeness (QED) is 0.792. The van der Waals surface area contributed by atoms with Gasteiger partial charge in [-0.25, -0.2) is 4.98 Å². The highest BCUT2D eigenvalue weighted by Gasteiger charge is 2.29. The van der Waals surface area contributed by atoms with Gasteiger partial charge in [0.05, 0.1) is 6.10 Å². The SMILES string of the molecule is CCCNc1nc(C)cc(NC2CC(OCC)C2)n1. The van der Waals surface area contributed by atoms with Crippen LogP contribution in [0.15, 0.2) is 6.07 Å². The molecule has 0 amide bonds. The van der Waals surface area contributed by atoms with E-state index in [1.165, 1.54) is 0 Å². The largest absolute Gasteiger partial charge is 0.378 e. The molecule has 5 heteroatoms. The monoisotopic (exact) mass is 264 g/mol. The average Bonchev–Trinajstić information content (AvgIpc) is 2.33. The first kappa shape index (κ1) is 14.1. The summed E-state index contributed by atoms with van der Waals surface area (Å²) in [4.78, 5) is 8.87. The summed E-state index contributed by atoms with van der Waals surface area (Å²) in [6.07, 6.45) is 3.62. The van der Waals surface area contributed by atoms with Crippen LogP contribution in [0.1, 0.15) is 38.8 Å². The molecule has 1 heterocycles. The number of ether oxygens (including phenoxy) is 1. The maximum Gasteiger partial charge on any atom is 0.224 e. The number of hydrogen-bond donors (Lipinski definition) is 2. The summed E-state index contributed by atoms with van der Waals surface area (Å²) in [5.74, 6) is 1.62. The molecule has 0 atom stereocenters. The molecule has 106 valence electrons. The summed E-state index contributed by atoms with van der Waals surface area (Å²) in [5, 5.41) is 6.68. The van der Waals surface area contributed by atoms with Crippen molar-refractivity contribution in [2.24, 2.45) is 0 Å². The highest BCUT2D eigenvalue weighted by Crippen LogP contribution is 2.26. The molecule has 1 aromatic heterocycles. The number of aryl methyl sites for hydroxylation is 1. The fourth-order valence-electron chi connectivity index (χ4n) is 2.22. The smallest absolute Gasteiger partial charge is 0.224 e. The van der Waals surface area contributed by atoms with E-state index < -0.39 is 0 Å². The molecular weight excluding hydrogens is 240 g/mol. The Balaban J connectivity index is 1.88. The van der Waals surface area contributed by atoms with Crippen molar-refractivity contribution >= 4 is 11.8 Å². The summed E-state index contributed by atoms with van der Waals surface area (Å²) >= 11 is 0. The first-order valence-corrected chi connectivity index (χ1v) is 7.19. The van der Waals surface area contributed by atoms with Crippen molar-refractivity contribution in [3.63, 3.8) is 0 Å². The Morgan fingerprint density at radius 3 is 2.79 bits per heavy atom. The van der Waals surface area contributed by atoms with Crippen molar-refractivity contribution in [3.8, 4) is 0 Å². The van der Waals surface area contributed by atoms with Gasteiger partial charge in [-0.2, -0.15) is 4.98 Å². The van der Waals surface area contributed by atoms with Crippen LogP contribution in [0.25, 0.3) is 0 Å². The van der Waals surface area contributed by atoms with Gasteiger partial charge in [0.1, 0.15) is 5.82 Å². The minimum atomic E-state index is 0.420. The molecule has 19 heavy (non-hydrogen) atoms. The van der Waals surface area contributed by atoms with E-state index in [4.69, 9.17) is 4.74 Å². The van der Waals surface area contributed by atoms with Crippen LogP contribution in [0.4, 0.5) is 11.8 Å². The van der Waals surface area contributed by atoms with Gasteiger partial charge >= 0.3 is 0 Å². The summed E-state index contributed by atoms with van der Waals surface area (Å²) in [6.45, 7) is 7.87. The van der Waals surface area contributed by atoms with Crippen molar-refractivity contribution in [2.45, 2.75) is 52.2 Å². The summed E-state index contributed by atoms with van der Waals surface area (Å²) in [5.41, 5.74) is 0.983. The van der Waals surface area contributed by atoms with E-state index in [1.807, 2.05) is 19.9 Å². The van der Waals surface area contributed by atoms with Crippen molar-refractivity contribution in [3.05, 3.63) is 11.8 Å². The lowest BCUT2D eigenvalue weighted by Gasteiger charge is -2.35. The summed E-state index contributed by atoms with van der Waals surface area (Å²) in [6, 6.07) is 2.47. The predicted octanol–water partition coefficient (Wildman–Crippen LogP) is 2.59. The second-order valence-corrected chi connectivity index (χ2v) is 5.03. The van der Waals surface area contributed by atoms with Crippen molar-refractivity contribution in [1.29, 1.82) is 0 Å². The van der Waals surface area contributed by atoms with E-state index in [2.05, 4.69) is 27.5 Å². The third-order valence-corrected chi connectivity index (χ3v) is 3.24. The molecule has 2 N–H and O–H groups in total. The zero-order valence-corrected chi connectivity index (χ0v) is 12.1. The van der Waals surface area contributed by atoms with Gasteiger partial charge in [-0.3, -0.25) is 0 Å². The van der Waals surface area contributed by atoms with E-state index in [0.29, 0.717) is 18.1 Å². The topological polar surface area (TPSA) is 59.1 Å². The third-order valence-electron chi connectivity index (χ3n) is 3.24. The third kappa shape index (κ3) is 4.06. The number of hydrogen-bond acceptors (Lipinski definition) is 5. The first-order valence-electron chi connectivity index (χ1n) is 7.19. The van der Waals surface area contributed by atoms with E-state index in [0.717, 1.165) is 43.9 Å². The maximum absolute atomic E-state index is 5.56. The highest BCUT2D eigenvalue weighted by molar-refractivity contribution is 5.43. The summed E-state index contributed by atoms with van der Waals surface area (Å²) in [7, 11) is 0. The number of rotatable bonds is 7. The van der Waals surface area contributed by atoms with Crippen LogP contribution in [-0.2, 0) is 4.74 Å². The van der Waals surface area contributed by atoms with E-state index in [-0.39, 0.29) is 0 Å². The van der Waals surface area contributed by atoms with Gasteiger partial charge in [-0.1, -0.05) is 6.92 Å². The lowest BCUT2D eigenvalue weighted by atomic mass is 9.89. The molecule has 5 nitrogen and oxygen atoms in total. The first-order chi connectivity index (χ1) is 9.21. The molecule has 0 aromatic carbocycles. The predicted molar refractivity (Wildman–Crippen MR) is 77.6 cm³/mol. The van der Waals surface area contributed by atoms with Crippen molar-refractivity contribution < 1.29 is 4.74 Å². The number of aromatic nitrogens is 2. The van der Waals surface area contributed by atoms with Crippen LogP contribution in [-0.4, -0.2) is 35.3 Å². The Labute approximate surface area is 115 Å². The van der Waals surface area contributed by atoms with Crippen molar-refractivity contribution in [2.75, 3.05) is 23.8 Å². The van der Waals surface area contributed by atoms with Gasteiger partial charge in [0, 0.05) is 31.0 Å². The zero-order valence-electron chi connectivity index (χ0n) is 12.1. The van der Waals surface area contributed by atoms with Gasteiger partial charge in [-0.05, 0) is 33.1 Å². The van der Waals surface area contributed by atoms with Crippen LogP contribution in [0.5, 0.6) is 0 Å². The number of nitrogens with one attached hydrogen (secondary N) is 2. The van der Waals surface area contributed by atoms with E-state index >= 15 is 0 Å². The van der Waals surface area contributed by atoms with Crippen molar-refractivity contribution in [1.82, 2.24) is 9.97 Å². The standard InChI is InChI=1S/C14H24N4O/c1-4-6-15-14-16-10(3)7-13(18-14)17-11-8-12(9-11)19-5-2/h7,11-12H,4-6,8-9H2,1-3H3,(H2,15,16,17,18). The van der Waals surface area contributed by atoms with Crippen LogP contribution < -0.4 is 10.6 Å². The molecular formula is C14H24N4O. The normalized spacial score (nSPS) is 21.8. The Kier molecular flexibility index (Phi) is 4.96. The van der Waals surface area contributed by atoms with Gasteiger partial charge in [0.25, 0.3) is 0 Å². The molecule has 0 unspecified atom stereocenters. The molecule has 1 saturated carbocycles. The van der Waals surface area contributed by atoms with Gasteiger partial charge < -0.3 is 15.4 Å². The fraction of sp³-hybridized carbons (Fsp3) is 0.714. The highest BCUT2D eigenvalue weighted by atomic mass is 16.5. The summed E-state index contributed by atoms with van der Waals surface area (Å²) < 4.78 is 5.56. The molecule has 0 aliphatic heterocycles. The maximum atomic E-state index is 5.56. The van der Waals surface area contributed by atoms with Crippen LogP contribution >= 0.6 is 0 Å². The van der Waals surface area contributed by atoms with Gasteiger partial charge in [0.15, 0.2) is 0 Å². The second kappa shape index (κ2) is 6.70. The average molecular weight is 264 g/mol. The lowest BCUT2D eigenvalue weighted by molar-refractivity contribution is 0.00293. The molecule has 0 saturated heterocycles. The second-order valence-electron chi connectivity index (χ2n) is 5.03.